The van der Waals surface area contributed by atoms with E-state index in [-0.39, 0.29) is 0 Å². The Morgan fingerprint density at radius 3 is 2.08 bits per heavy atom. The van der Waals surface area contributed by atoms with E-state index in [0.29, 0.717) is 6.04 Å². The molecule has 0 amide bonds. The van der Waals surface area contributed by atoms with Crippen LogP contribution < -0.4 is 0 Å². The first kappa shape index (κ1) is 12.9. The lowest BCUT2D eigenvalue weighted by molar-refractivity contribution is -0.928. The molecule has 0 aliphatic carbocycles. The zero-order chi connectivity index (χ0) is 10.3. The highest BCUT2D eigenvalue weighted by Gasteiger charge is 2.24. The summed E-state index contributed by atoms with van der Waals surface area (Å²) in [6.07, 6.45) is 1.17. The van der Waals surface area contributed by atoms with Crippen LogP contribution >= 0.6 is 0 Å². The lowest BCUT2D eigenvalue weighted by Crippen LogP contribution is -2.50. The molecule has 0 rings (SSSR count). The SMILES string of the molecule is CCOCCC(C)[N+](C)(CC)CC. The van der Waals surface area contributed by atoms with E-state index in [9.17, 15) is 0 Å². The molecular formula is C11H26NO+. The highest BCUT2D eigenvalue weighted by molar-refractivity contribution is 4.51. The third-order valence-electron chi connectivity index (χ3n) is 3.39. The van der Waals surface area contributed by atoms with Crippen LogP contribution in [0.3, 0.4) is 0 Å². The van der Waals surface area contributed by atoms with E-state index in [1.54, 1.807) is 0 Å². The van der Waals surface area contributed by atoms with Crippen LogP contribution in [0.4, 0.5) is 0 Å². The van der Waals surface area contributed by atoms with Crippen molar-refractivity contribution in [3.63, 3.8) is 0 Å². The van der Waals surface area contributed by atoms with Crippen molar-refractivity contribution in [2.45, 2.75) is 40.2 Å². The van der Waals surface area contributed by atoms with Crippen molar-refractivity contribution in [1.82, 2.24) is 0 Å². The molecule has 2 heteroatoms. The molecule has 0 bridgehead atoms. The van der Waals surface area contributed by atoms with Gasteiger partial charge in [0.1, 0.15) is 0 Å². The summed E-state index contributed by atoms with van der Waals surface area (Å²) in [5.41, 5.74) is 0. The van der Waals surface area contributed by atoms with E-state index >= 15 is 0 Å². The van der Waals surface area contributed by atoms with Gasteiger partial charge in [0.05, 0.1) is 32.8 Å². The normalized spacial score (nSPS) is 14.5. The number of rotatable bonds is 7. The van der Waals surface area contributed by atoms with E-state index in [1.807, 2.05) is 0 Å². The highest BCUT2D eigenvalue weighted by Crippen LogP contribution is 2.12. The molecule has 0 aromatic rings. The first-order chi connectivity index (χ1) is 6.10. The number of ether oxygens (including phenoxy) is 1. The minimum atomic E-state index is 0.710. The van der Waals surface area contributed by atoms with E-state index < -0.39 is 0 Å². The Morgan fingerprint density at radius 1 is 1.15 bits per heavy atom. The van der Waals surface area contributed by atoms with Crippen molar-refractivity contribution in [1.29, 1.82) is 0 Å². The van der Waals surface area contributed by atoms with Gasteiger partial charge in [0.25, 0.3) is 0 Å². The molecule has 0 saturated heterocycles. The van der Waals surface area contributed by atoms with Crippen molar-refractivity contribution in [3.05, 3.63) is 0 Å². The Morgan fingerprint density at radius 2 is 1.69 bits per heavy atom. The second-order valence-electron chi connectivity index (χ2n) is 3.95. The predicted octanol–water partition coefficient (Wildman–Crippen LogP) is 2.29. The topological polar surface area (TPSA) is 9.23 Å². The van der Waals surface area contributed by atoms with Crippen molar-refractivity contribution in [2.75, 3.05) is 33.4 Å². The molecule has 1 atom stereocenters. The number of hydrogen-bond acceptors (Lipinski definition) is 1. The average Bonchev–Trinajstić information content (AvgIpc) is 2.17. The Hall–Kier alpha value is -0.0800. The van der Waals surface area contributed by atoms with Gasteiger partial charge in [0.15, 0.2) is 0 Å². The molecule has 0 aromatic carbocycles. The summed E-state index contributed by atoms with van der Waals surface area (Å²) in [6.45, 7) is 13.1. The first-order valence-electron chi connectivity index (χ1n) is 5.52. The van der Waals surface area contributed by atoms with Gasteiger partial charge < -0.3 is 9.22 Å². The maximum absolute atomic E-state index is 5.38. The van der Waals surface area contributed by atoms with Crippen molar-refractivity contribution in [2.24, 2.45) is 0 Å². The molecule has 0 N–H and O–H groups in total. The maximum Gasteiger partial charge on any atom is 0.0881 e. The second-order valence-corrected chi connectivity index (χ2v) is 3.95. The fourth-order valence-electron chi connectivity index (χ4n) is 1.56. The van der Waals surface area contributed by atoms with Gasteiger partial charge in [-0.3, -0.25) is 0 Å². The zero-order valence-electron chi connectivity index (χ0n) is 9.97. The van der Waals surface area contributed by atoms with Gasteiger partial charge in [-0.1, -0.05) is 0 Å². The average molecular weight is 188 g/mol. The Balaban J connectivity index is 3.84. The van der Waals surface area contributed by atoms with Crippen LogP contribution in [0.5, 0.6) is 0 Å². The van der Waals surface area contributed by atoms with Crippen LogP contribution in [0.15, 0.2) is 0 Å². The maximum atomic E-state index is 5.38. The van der Waals surface area contributed by atoms with Crippen molar-refractivity contribution < 1.29 is 9.22 Å². The summed E-state index contributed by atoms with van der Waals surface area (Å²) in [7, 11) is 2.33. The molecule has 0 radical (unpaired) electrons. The minimum absolute atomic E-state index is 0.710. The van der Waals surface area contributed by atoms with Crippen molar-refractivity contribution in [3.8, 4) is 0 Å². The van der Waals surface area contributed by atoms with Gasteiger partial charge in [-0.2, -0.15) is 0 Å². The summed E-state index contributed by atoms with van der Waals surface area (Å²) in [4.78, 5) is 0. The smallest absolute Gasteiger partial charge is 0.0881 e. The van der Waals surface area contributed by atoms with Crippen LogP contribution in [-0.4, -0.2) is 43.9 Å². The third-order valence-corrected chi connectivity index (χ3v) is 3.39. The molecule has 0 fully saturated rings. The zero-order valence-corrected chi connectivity index (χ0v) is 9.97. The lowest BCUT2D eigenvalue weighted by atomic mass is 10.1. The lowest BCUT2D eigenvalue weighted by Gasteiger charge is -2.38. The Labute approximate surface area is 83.5 Å². The summed E-state index contributed by atoms with van der Waals surface area (Å²) >= 11 is 0. The molecule has 1 unspecified atom stereocenters. The molecule has 13 heavy (non-hydrogen) atoms. The van der Waals surface area contributed by atoms with Crippen LogP contribution in [0, 0.1) is 0 Å². The van der Waals surface area contributed by atoms with Gasteiger partial charge in [0.2, 0.25) is 0 Å². The molecule has 0 aliphatic heterocycles. The molecule has 0 spiro atoms. The number of hydrogen-bond donors (Lipinski definition) is 0. The molecule has 0 saturated carbocycles. The van der Waals surface area contributed by atoms with Gasteiger partial charge in [-0.15, -0.1) is 0 Å². The predicted molar refractivity (Wildman–Crippen MR) is 57.8 cm³/mol. The number of quaternary nitrogens is 1. The largest absolute Gasteiger partial charge is 0.381 e. The fraction of sp³-hybridized carbons (Fsp3) is 1.00. The highest BCUT2D eigenvalue weighted by atomic mass is 16.5. The Kier molecular flexibility index (Phi) is 6.35. The van der Waals surface area contributed by atoms with Gasteiger partial charge in [0, 0.05) is 13.0 Å². The monoisotopic (exact) mass is 188 g/mol. The van der Waals surface area contributed by atoms with Gasteiger partial charge >= 0.3 is 0 Å². The number of nitrogens with zero attached hydrogens (tertiary/aromatic N) is 1. The van der Waals surface area contributed by atoms with E-state index in [1.165, 1.54) is 19.5 Å². The van der Waals surface area contributed by atoms with Crippen LogP contribution in [-0.2, 0) is 4.74 Å². The van der Waals surface area contributed by atoms with E-state index in [4.69, 9.17) is 4.74 Å². The first-order valence-corrected chi connectivity index (χ1v) is 5.52. The third kappa shape index (κ3) is 4.10. The molecule has 80 valence electrons. The van der Waals surface area contributed by atoms with Crippen LogP contribution in [0.25, 0.3) is 0 Å². The molecule has 2 nitrogen and oxygen atoms in total. The van der Waals surface area contributed by atoms with Crippen molar-refractivity contribution >= 4 is 0 Å². The van der Waals surface area contributed by atoms with E-state index in [2.05, 4.69) is 34.7 Å². The molecule has 0 aliphatic rings. The summed E-state index contributed by atoms with van der Waals surface area (Å²) in [5, 5.41) is 0. The van der Waals surface area contributed by atoms with Gasteiger partial charge in [-0.25, -0.2) is 0 Å². The Bertz CT molecular complexity index is 121. The summed E-state index contributed by atoms with van der Waals surface area (Å²) in [6, 6.07) is 0.710. The molecule has 0 aromatic heterocycles. The van der Waals surface area contributed by atoms with Gasteiger partial charge in [-0.05, 0) is 27.7 Å². The summed E-state index contributed by atoms with van der Waals surface area (Å²) in [5.74, 6) is 0. The summed E-state index contributed by atoms with van der Waals surface area (Å²) < 4.78 is 6.54. The quantitative estimate of drug-likeness (QED) is 0.440. The standard InChI is InChI=1S/C11H26NO/c1-6-12(5,7-2)11(4)9-10-13-8-3/h11H,6-10H2,1-5H3/q+1. The van der Waals surface area contributed by atoms with Crippen LogP contribution in [0.1, 0.15) is 34.1 Å². The minimum Gasteiger partial charge on any atom is -0.381 e. The molecular weight excluding hydrogens is 162 g/mol. The fourth-order valence-corrected chi connectivity index (χ4v) is 1.56. The molecule has 0 heterocycles. The van der Waals surface area contributed by atoms with Crippen LogP contribution in [0.2, 0.25) is 0 Å². The second kappa shape index (κ2) is 6.39. The van der Waals surface area contributed by atoms with E-state index in [0.717, 1.165) is 17.7 Å².